The summed E-state index contributed by atoms with van der Waals surface area (Å²) in [4.78, 5) is 28.3. The van der Waals surface area contributed by atoms with Crippen molar-refractivity contribution in [3.05, 3.63) is 71.9 Å². The van der Waals surface area contributed by atoms with Crippen LogP contribution in [0.3, 0.4) is 0 Å². The number of methoxy groups -OCH3 is 2. The summed E-state index contributed by atoms with van der Waals surface area (Å²) in [6.45, 7) is 2.91. The summed E-state index contributed by atoms with van der Waals surface area (Å²) >= 11 is 6.42. The Labute approximate surface area is 258 Å². The van der Waals surface area contributed by atoms with E-state index in [1.165, 1.54) is 19.8 Å². The van der Waals surface area contributed by atoms with Crippen molar-refractivity contribution in [3.63, 3.8) is 0 Å². The molecule has 13 heteroatoms. The van der Waals surface area contributed by atoms with Crippen LogP contribution in [-0.4, -0.2) is 69.2 Å². The van der Waals surface area contributed by atoms with Crippen LogP contribution in [0.1, 0.15) is 18.4 Å². The number of pyridine rings is 1. The van der Waals surface area contributed by atoms with Crippen LogP contribution in [-0.2, 0) is 4.79 Å². The first-order valence-corrected chi connectivity index (χ1v) is 14.4. The minimum absolute atomic E-state index is 0.123. The Kier molecular flexibility index (Phi) is 8.18. The summed E-state index contributed by atoms with van der Waals surface area (Å²) < 4.78 is 19.1. The number of likely N-dealkylation sites (N-methyl/N-ethyl adjacent to an activating group) is 1. The Morgan fingerprint density at radius 2 is 1.84 bits per heavy atom. The Hall–Kier alpha value is -4.94. The second-order valence-electron chi connectivity index (χ2n) is 10.4. The number of ether oxygens (including phenoxy) is 3. The molecule has 5 aromatic rings. The fourth-order valence-electron chi connectivity index (χ4n) is 5.18. The third-order valence-corrected chi connectivity index (χ3v) is 7.86. The number of nitrogens with one attached hydrogen (secondary N) is 2. The van der Waals surface area contributed by atoms with Gasteiger partial charge in [0, 0.05) is 35.8 Å². The van der Waals surface area contributed by atoms with Gasteiger partial charge in [0.2, 0.25) is 0 Å². The minimum atomic E-state index is -0.424. The summed E-state index contributed by atoms with van der Waals surface area (Å²) in [6.07, 6.45) is 8.54. The van der Waals surface area contributed by atoms with Crippen molar-refractivity contribution in [2.45, 2.75) is 25.8 Å². The number of likely N-dealkylation sites (tertiary alicyclic amines) is 1. The van der Waals surface area contributed by atoms with Gasteiger partial charge in [-0.2, -0.15) is 5.10 Å². The summed E-state index contributed by atoms with van der Waals surface area (Å²) in [5, 5.41) is 11.1. The Morgan fingerprint density at radius 3 is 2.61 bits per heavy atom. The van der Waals surface area contributed by atoms with Crippen molar-refractivity contribution in [2.75, 3.05) is 38.4 Å². The van der Waals surface area contributed by atoms with Crippen molar-refractivity contribution in [2.24, 2.45) is 0 Å². The highest BCUT2D eigenvalue weighted by molar-refractivity contribution is 6.44. The largest absolute Gasteiger partial charge is 0.494 e. The van der Waals surface area contributed by atoms with E-state index in [2.05, 4.69) is 35.6 Å². The van der Waals surface area contributed by atoms with Gasteiger partial charge in [-0.15, -0.1) is 0 Å². The number of benzene rings is 2. The van der Waals surface area contributed by atoms with Crippen molar-refractivity contribution < 1.29 is 19.0 Å². The monoisotopic (exact) mass is 614 g/mol. The third-order valence-electron chi connectivity index (χ3n) is 7.57. The zero-order valence-corrected chi connectivity index (χ0v) is 25.4. The van der Waals surface area contributed by atoms with E-state index in [0.29, 0.717) is 56.7 Å². The number of halogens is 1. The minimum Gasteiger partial charge on any atom is -0.494 e. The SMILES string of the molecule is COc1cc2ncnc(Nc3cc(C)c(Oc4ccn5ncnc5c4)cc3OC)c2cc1NC(=O)/C(Cl)=C\[C@H]1CCCN1C. The molecule has 1 fully saturated rings. The molecule has 0 aliphatic carbocycles. The number of amides is 1. The molecule has 6 rings (SSSR count). The van der Waals surface area contributed by atoms with Gasteiger partial charge in [0.05, 0.1) is 31.1 Å². The standard InChI is InChI=1S/C31H31ClN8O4/c1-18-10-24(28(43-4)15-26(18)44-20-7-9-40-29(12-20)34-17-36-40)37-30-21-13-25(27(42-3)14-23(21)33-16-35-30)38-31(41)22(32)11-19-6-5-8-39(19)2/h7,9-17,19H,5-6,8H2,1-4H3,(H,38,41)(H,33,35,37)/b22-11+/t19-/m1/s1. The van der Waals surface area contributed by atoms with Gasteiger partial charge in [-0.25, -0.2) is 19.5 Å². The van der Waals surface area contributed by atoms with Crippen LogP contribution in [0.25, 0.3) is 16.6 Å². The molecule has 3 aromatic heterocycles. The molecule has 1 amide bonds. The molecule has 2 aromatic carbocycles. The maximum absolute atomic E-state index is 13.1. The third kappa shape index (κ3) is 5.94. The molecule has 12 nitrogen and oxygen atoms in total. The fraction of sp³-hybridized carbons (Fsp3) is 0.258. The van der Waals surface area contributed by atoms with Gasteiger partial charge in [0.1, 0.15) is 46.5 Å². The van der Waals surface area contributed by atoms with Crippen LogP contribution < -0.4 is 24.8 Å². The molecular formula is C31H31ClN8O4. The summed E-state index contributed by atoms with van der Waals surface area (Å²) in [5.41, 5.74) is 3.25. The predicted octanol–water partition coefficient (Wildman–Crippen LogP) is 5.69. The van der Waals surface area contributed by atoms with Crippen LogP contribution >= 0.6 is 11.6 Å². The van der Waals surface area contributed by atoms with Crippen LogP contribution in [0.5, 0.6) is 23.0 Å². The number of carbonyl (C=O) groups is 1. The molecule has 0 saturated carbocycles. The molecule has 0 radical (unpaired) electrons. The molecule has 1 atom stereocenters. The van der Waals surface area contributed by atoms with Crippen molar-refractivity contribution >= 4 is 51.3 Å². The zero-order chi connectivity index (χ0) is 30.8. The lowest BCUT2D eigenvalue weighted by Crippen LogP contribution is -2.24. The molecule has 226 valence electrons. The predicted molar refractivity (Wildman–Crippen MR) is 168 cm³/mol. The zero-order valence-electron chi connectivity index (χ0n) is 24.7. The van der Waals surface area contributed by atoms with E-state index in [4.69, 9.17) is 25.8 Å². The molecule has 1 aliphatic rings. The number of aromatic nitrogens is 5. The van der Waals surface area contributed by atoms with Crippen LogP contribution in [0, 0.1) is 6.92 Å². The van der Waals surface area contributed by atoms with Crippen molar-refractivity contribution in [1.82, 2.24) is 29.5 Å². The number of hydrogen-bond donors (Lipinski definition) is 2. The van der Waals surface area contributed by atoms with Gasteiger partial charge in [0.25, 0.3) is 5.91 Å². The van der Waals surface area contributed by atoms with E-state index in [-0.39, 0.29) is 11.1 Å². The lowest BCUT2D eigenvalue weighted by Gasteiger charge is -2.17. The van der Waals surface area contributed by atoms with E-state index in [1.807, 2.05) is 26.1 Å². The average molecular weight is 615 g/mol. The fourth-order valence-corrected chi connectivity index (χ4v) is 5.38. The number of anilines is 3. The highest BCUT2D eigenvalue weighted by atomic mass is 35.5. The first-order chi connectivity index (χ1) is 21.3. The maximum Gasteiger partial charge on any atom is 0.266 e. The number of hydrogen-bond acceptors (Lipinski definition) is 10. The quantitative estimate of drug-likeness (QED) is 0.200. The normalized spacial score (nSPS) is 15.5. The maximum atomic E-state index is 13.1. The molecule has 0 unspecified atom stereocenters. The molecule has 1 saturated heterocycles. The van der Waals surface area contributed by atoms with Crippen molar-refractivity contribution in [3.8, 4) is 23.0 Å². The first kappa shape index (κ1) is 29.1. The Balaban J connectivity index is 1.28. The van der Waals surface area contributed by atoms with Gasteiger partial charge >= 0.3 is 0 Å². The highest BCUT2D eigenvalue weighted by Gasteiger charge is 2.22. The van der Waals surface area contributed by atoms with Gasteiger partial charge in [0.15, 0.2) is 5.65 Å². The summed E-state index contributed by atoms with van der Waals surface area (Å²) in [6, 6.07) is 11.0. The number of carbonyl (C=O) groups excluding carboxylic acids is 1. The number of rotatable bonds is 9. The van der Waals surface area contributed by atoms with Gasteiger partial charge in [-0.3, -0.25) is 9.69 Å². The highest BCUT2D eigenvalue weighted by Crippen LogP contribution is 2.39. The van der Waals surface area contributed by atoms with E-state index < -0.39 is 5.91 Å². The number of fused-ring (bicyclic) bond motifs is 2. The second kappa shape index (κ2) is 12.3. The molecule has 0 spiro atoms. The van der Waals surface area contributed by atoms with Crippen molar-refractivity contribution in [1.29, 1.82) is 0 Å². The van der Waals surface area contributed by atoms with E-state index in [1.54, 1.807) is 48.2 Å². The van der Waals surface area contributed by atoms with Crippen LogP contribution in [0.2, 0.25) is 0 Å². The summed E-state index contributed by atoms with van der Waals surface area (Å²) in [5.74, 6) is 2.30. The second-order valence-corrected chi connectivity index (χ2v) is 10.8. The Morgan fingerprint density at radius 1 is 1.02 bits per heavy atom. The van der Waals surface area contributed by atoms with E-state index in [0.717, 1.165) is 24.9 Å². The first-order valence-electron chi connectivity index (χ1n) is 14.0. The lowest BCUT2D eigenvalue weighted by molar-refractivity contribution is -0.112. The average Bonchev–Trinajstić information content (AvgIpc) is 3.66. The molecule has 2 N–H and O–H groups in total. The lowest BCUT2D eigenvalue weighted by atomic mass is 10.1. The number of aryl methyl sites for hydroxylation is 1. The van der Waals surface area contributed by atoms with Gasteiger partial charge in [-0.05, 0) is 63.2 Å². The summed E-state index contributed by atoms with van der Waals surface area (Å²) in [7, 11) is 5.14. The Bertz CT molecular complexity index is 1890. The van der Waals surface area contributed by atoms with Gasteiger partial charge < -0.3 is 24.8 Å². The van der Waals surface area contributed by atoms with E-state index in [9.17, 15) is 4.79 Å². The van der Waals surface area contributed by atoms with E-state index >= 15 is 0 Å². The van der Waals surface area contributed by atoms with Crippen LogP contribution in [0.15, 0.2) is 66.4 Å². The topological polar surface area (TPSA) is 128 Å². The molecular weight excluding hydrogens is 584 g/mol. The molecule has 1 aliphatic heterocycles. The molecule has 4 heterocycles. The van der Waals surface area contributed by atoms with Crippen LogP contribution in [0.4, 0.5) is 17.2 Å². The molecule has 0 bridgehead atoms. The molecule has 44 heavy (non-hydrogen) atoms. The van der Waals surface area contributed by atoms with Gasteiger partial charge in [-0.1, -0.05) is 11.6 Å². The smallest absolute Gasteiger partial charge is 0.266 e. The number of nitrogens with zero attached hydrogens (tertiary/aromatic N) is 6.